The SMILES string of the molecule is O=c1c(Cl)c(Cl)cnn1-c1ccc(Cl)cc1F. The predicted octanol–water partition coefficient (Wildman–Crippen LogP) is 3.33. The summed E-state index contributed by atoms with van der Waals surface area (Å²) in [7, 11) is 0. The summed E-state index contributed by atoms with van der Waals surface area (Å²) in [6, 6.07) is 3.85. The molecule has 0 unspecified atom stereocenters. The number of hydrogen-bond donors (Lipinski definition) is 0. The van der Waals surface area contributed by atoms with Crippen LogP contribution in [0.3, 0.4) is 0 Å². The van der Waals surface area contributed by atoms with Gasteiger partial charge in [-0.25, -0.2) is 4.39 Å². The molecule has 0 saturated carbocycles. The van der Waals surface area contributed by atoms with Crippen LogP contribution in [0.1, 0.15) is 0 Å². The molecular formula is C10H4Cl3FN2O. The van der Waals surface area contributed by atoms with Crippen molar-refractivity contribution < 1.29 is 4.39 Å². The van der Waals surface area contributed by atoms with Crippen molar-refractivity contribution in [2.24, 2.45) is 0 Å². The van der Waals surface area contributed by atoms with Gasteiger partial charge in [-0.1, -0.05) is 34.8 Å². The van der Waals surface area contributed by atoms with E-state index in [0.29, 0.717) is 0 Å². The number of rotatable bonds is 1. The van der Waals surface area contributed by atoms with Crippen molar-refractivity contribution in [3.63, 3.8) is 0 Å². The van der Waals surface area contributed by atoms with Gasteiger partial charge in [0.05, 0.1) is 11.2 Å². The van der Waals surface area contributed by atoms with Crippen LogP contribution in [0.25, 0.3) is 5.69 Å². The molecule has 7 heteroatoms. The summed E-state index contributed by atoms with van der Waals surface area (Å²) >= 11 is 16.9. The van der Waals surface area contributed by atoms with Crippen molar-refractivity contribution in [1.82, 2.24) is 9.78 Å². The van der Waals surface area contributed by atoms with Crippen molar-refractivity contribution in [2.45, 2.75) is 0 Å². The first-order valence-corrected chi connectivity index (χ1v) is 5.53. The Kier molecular flexibility index (Phi) is 3.38. The number of nitrogens with zero attached hydrogens (tertiary/aromatic N) is 2. The van der Waals surface area contributed by atoms with E-state index in [-0.39, 0.29) is 20.8 Å². The van der Waals surface area contributed by atoms with Gasteiger partial charge in [-0.05, 0) is 18.2 Å². The second kappa shape index (κ2) is 4.64. The van der Waals surface area contributed by atoms with Gasteiger partial charge < -0.3 is 0 Å². The molecule has 0 N–H and O–H groups in total. The van der Waals surface area contributed by atoms with Crippen LogP contribution in [-0.2, 0) is 0 Å². The average Bonchev–Trinajstić information content (AvgIpc) is 2.28. The van der Waals surface area contributed by atoms with Crippen molar-refractivity contribution in [3.8, 4) is 5.69 Å². The lowest BCUT2D eigenvalue weighted by Crippen LogP contribution is -2.22. The summed E-state index contributed by atoms with van der Waals surface area (Å²) < 4.78 is 14.4. The minimum atomic E-state index is -0.694. The second-order valence-electron chi connectivity index (χ2n) is 3.12. The molecule has 88 valence electrons. The lowest BCUT2D eigenvalue weighted by molar-refractivity contribution is 0.605. The fourth-order valence-corrected chi connectivity index (χ4v) is 1.65. The molecule has 0 spiro atoms. The Hall–Kier alpha value is -1.10. The Morgan fingerprint density at radius 1 is 1.24 bits per heavy atom. The van der Waals surface area contributed by atoms with Crippen LogP contribution in [0.15, 0.2) is 29.2 Å². The molecule has 0 amide bonds. The van der Waals surface area contributed by atoms with Crippen molar-refractivity contribution in [2.75, 3.05) is 0 Å². The van der Waals surface area contributed by atoms with Crippen LogP contribution in [0, 0.1) is 5.82 Å². The van der Waals surface area contributed by atoms with Gasteiger partial charge >= 0.3 is 0 Å². The van der Waals surface area contributed by atoms with E-state index in [2.05, 4.69) is 5.10 Å². The Morgan fingerprint density at radius 3 is 2.59 bits per heavy atom. The summed E-state index contributed by atoms with van der Waals surface area (Å²) in [6.07, 6.45) is 1.17. The molecule has 0 fully saturated rings. The molecule has 0 bridgehead atoms. The van der Waals surface area contributed by atoms with Gasteiger partial charge in [0.25, 0.3) is 5.56 Å². The van der Waals surface area contributed by atoms with Gasteiger partial charge in [-0.2, -0.15) is 9.78 Å². The van der Waals surface area contributed by atoms with E-state index in [9.17, 15) is 9.18 Å². The van der Waals surface area contributed by atoms with Crippen LogP contribution in [0.5, 0.6) is 0 Å². The standard InChI is InChI=1S/C10H4Cl3FN2O/c11-5-1-2-8(7(14)3-5)16-10(17)9(13)6(12)4-15-16/h1-4H. The maximum atomic E-state index is 13.6. The number of halogens is 4. The first kappa shape index (κ1) is 12.4. The van der Waals surface area contributed by atoms with Crippen LogP contribution < -0.4 is 5.56 Å². The highest BCUT2D eigenvalue weighted by atomic mass is 35.5. The lowest BCUT2D eigenvalue weighted by atomic mass is 10.3. The van der Waals surface area contributed by atoms with Gasteiger partial charge in [0, 0.05) is 5.02 Å². The van der Waals surface area contributed by atoms with Gasteiger partial charge in [0.15, 0.2) is 0 Å². The molecule has 2 rings (SSSR count). The molecule has 3 nitrogen and oxygen atoms in total. The molecule has 0 aliphatic rings. The molecular weight excluding hydrogens is 289 g/mol. The molecule has 0 atom stereocenters. The summed E-state index contributed by atoms with van der Waals surface area (Å²) in [6.45, 7) is 0. The van der Waals surface area contributed by atoms with E-state index >= 15 is 0 Å². The van der Waals surface area contributed by atoms with Crippen LogP contribution in [0.2, 0.25) is 15.1 Å². The third-order valence-electron chi connectivity index (χ3n) is 2.01. The number of aromatic nitrogens is 2. The van der Waals surface area contributed by atoms with Gasteiger partial charge in [-0.3, -0.25) is 4.79 Å². The first-order chi connectivity index (χ1) is 8.00. The Labute approximate surface area is 110 Å². The summed E-state index contributed by atoms with van der Waals surface area (Å²) in [5.74, 6) is -0.675. The Balaban J connectivity index is 2.70. The maximum Gasteiger partial charge on any atom is 0.291 e. The van der Waals surface area contributed by atoms with E-state index in [0.717, 1.165) is 10.7 Å². The predicted molar refractivity (Wildman–Crippen MR) is 64.8 cm³/mol. The van der Waals surface area contributed by atoms with Crippen molar-refractivity contribution in [1.29, 1.82) is 0 Å². The third-order valence-corrected chi connectivity index (χ3v) is 3.00. The van der Waals surface area contributed by atoms with E-state index in [1.165, 1.54) is 18.3 Å². The summed E-state index contributed by atoms with van der Waals surface area (Å²) in [5.41, 5.74) is -0.738. The quantitative estimate of drug-likeness (QED) is 0.808. The fourth-order valence-electron chi connectivity index (χ4n) is 1.24. The maximum absolute atomic E-state index is 13.6. The minimum Gasteiger partial charge on any atom is -0.266 e. The molecule has 1 aromatic carbocycles. The van der Waals surface area contributed by atoms with Crippen LogP contribution in [0.4, 0.5) is 4.39 Å². The molecule has 2 aromatic rings. The largest absolute Gasteiger partial charge is 0.291 e. The zero-order valence-electron chi connectivity index (χ0n) is 8.12. The highest BCUT2D eigenvalue weighted by Crippen LogP contribution is 2.19. The smallest absolute Gasteiger partial charge is 0.266 e. The zero-order valence-corrected chi connectivity index (χ0v) is 10.4. The van der Waals surface area contributed by atoms with E-state index in [1.54, 1.807) is 0 Å². The van der Waals surface area contributed by atoms with Gasteiger partial charge in [-0.15, -0.1) is 0 Å². The molecule has 0 aliphatic heterocycles. The molecule has 17 heavy (non-hydrogen) atoms. The van der Waals surface area contributed by atoms with Crippen LogP contribution in [-0.4, -0.2) is 9.78 Å². The molecule has 0 saturated heterocycles. The average molecular weight is 294 g/mol. The highest BCUT2D eigenvalue weighted by molar-refractivity contribution is 6.41. The number of benzene rings is 1. The Morgan fingerprint density at radius 2 is 1.94 bits per heavy atom. The third kappa shape index (κ3) is 2.29. The number of hydrogen-bond acceptors (Lipinski definition) is 2. The van der Waals surface area contributed by atoms with Crippen molar-refractivity contribution in [3.05, 3.63) is 55.6 Å². The van der Waals surface area contributed by atoms with E-state index in [4.69, 9.17) is 34.8 Å². The highest BCUT2D eigenvalue weighted by Gasteiger charge is 2.12. The molecule has 1 heterocycles. The zero-order chi connectivity index (χ0) is 12.6. The normalized spacial score (nSPS) is 10.6. The van der Waals surface area contributed by atoms with Crippen LogP contribution >= 0.6 is 34.8 Å². The summed E-state index contributed by atoms with van der Waals surface area (Å²) in [4.78, 5) is 11.7. The minimum absolute atomic E-state index is 0.0160. The molecule has 0 radical (unpaired) electrons. The molecule has 0 aliphatic carbocycles. The monoisotopic (exact) mass is 292 g/mol. The topological polar surface area (TPSA) is 34.9 Å². The van der Waals surface area contributed by atoms with E-state index in [1.807, 2.05) is 0 Å². The second-order valence-corrected chi connectivity index (χ2v) is 4.34. The van der Waals surface area contributed by atoms with E-state index < -0.39 is 11.4 Å². The lowest BCUT2D eigenvalue weighted by Gasteiger charge is -2.06. The fraction of sp³-hybridized carbons (Fsp3) is 0. The Bertz CT molecular complexity index is 642. The van der Waals surface area contributed by atoms with Gasteiger partial charge in [0.2, 0.25) is 0 Å². The van der Waals surface area contributed by atoms with Gasteiger partial charge in [0.1, 0.15) is 16.5 Å². The first-order valence-electron chi connectivity index (χ1n) is 4.39. The van der Waals surface area contributed by atoms with Crippen molar-refractivity contribution >= 4 is 34.8 Å². The molecule has 1 aromatic heterocycles. The summed E-state index contributed by atoms with van der Waals surface area (Å²) in [5, 5.41) is 3.73.